The molecular formula is C13H19N3O. The van der Waals surface area contributed by atoms with E-state index in [0.717, 1.165) is 11.1 Å². The Bertz CT molecular complexity index is 438. The Hall–Kier alpha value is -1.84. The Kier molecular flexibility index (Phi) is 3.89. The number of hydrogen-bond donors (Lipinski definition) is 2. The third-order valence-corrected chi connectivity index (χ3v) is 2.39. The highest BCUT2D eigenvalue weighted by atomic mass is 16.2. The van der Waals surface area contributed by atoms with Gasteiger partial charge in [0, 0.05) is 6.20 Å². The summed E-state index contributed by atoms with van der Waals surface area (Å²) < 4.78 is 0. The van der Waals surface area contributed by atoms with Gasteiger partial charge in [-0.3, -0.25) is 5.32 Å². The first-order valence-electron chi connectivity index (χ1n) is 5.50. The Balaban J connectivity index is 2.72. The van der Waals surface area contributed by atoms with Crippen LogP contribution >= 0.6 is 0 Å². The molecule has 4 heteroatoms. The Morgan fingerprint density at radius 1 is 1.47 bits per heavy atom. The van der Waals surface area contributed by atoms with Gasteiger partial charge in [0.15, 0.2) is 0 Å². The standard InChI is InChI=1S/C13H19N3O/c1-6-13(4,5)16-12(17)15-11-10(3)7-9(2)8-14-11/h6-8H,1H2,2-5H3,(H2,14,15,16,17). The van der Waals surface area contributed by atoms with Gasteiger partial charge in [0.25, 0.3) is 0 Å². The summed E-state index contributed by atoms with van der Waals surface area (Å²) in [7, 11) is 0. The molecule has 0 aliphatic carbocycles. The lowest BCUT2D eigenvalue weighted by Crippen LogP contribution is -2.44. The van der Waals surface area contributed by atoms with Gasteiger partial charge in [0.05, 0.1) is 5.54 Å². The van der Waals surface area contributed by atoms with E-state index in [4.69, 9.17) is 0 Å². The molecule has 0 radical (unpaired) electrons. The first-order chi connectivity index (χ1) is 7.84. The lowest BCUT2D eigenvalue weighted by molar-refractivity contribution is 0.246. The molecule has 1 heterocycles. The molecule has 0 saturated carbocycles. The molecule has 0 spiro atoms. The molecule has 2 amide bonds. The van der Waals surface area contributed by atoms with Crippen LogP contribution in [0.1, 0.15) is 25.0 Å². The molecule has 1 rings (SSSR count). The largest absolute Gasteiger partial charge is 0.330 e. The number of nitrogens with zero attached hydrogens (tertiary/aromatic N) is 1. The maximum Gasteiger partial charge on any atom is 0.321 e. The van der Waals surface area contributed by atoms with E-state index in [1.54, 1.807) is 12.3 Å². The summed E-state index contributed by atoms with van der Waals surface area (Å²) in [6.07, 6.45) is 3.41. The Morgan fingerprint density at radius 3 is 2.65 bits per heavy atom. The second kappa shape index (κ2) is 4.99. The van der Waals surface area contributed by atoms with Crippen molar-refractivity contribution >= 4 is 11.8 Å². The molecule has 0 aliphatic rings. The van der Waals surface area contributed by atoms with Crippen LogP contribution in [0.5, 0.6) is 0 Å². The van der Waals surface area contributed by atoms with Crippen LogP contribution in [0, 0.1) is 13.8 Å². The highest BCUT2D eigenvalue weighted by molar-refractivity contribution is 5.89. The van der Waals surface area contributed by atoms with Crippen molar-refractivity contribution in [2.24, 2.45) is 0 Å². The minimum absolute atomic E-state index is 0.283. The molecule has 0 atom stereocenters. The van der Waals surface area contributed by atoms with Crippen LogP contribution in [0.3, 0.4) is 0 Å². The number of carbonyl (C=O) groups is 1. The zero-order valence-corrected chi connectivity index (χ0v) is 10.8. The third kappa shape index (κ3) is 3.90. The van der Waals surface area contributed by atoms with Gasteiger partial charge in [0.2, 0.25) is 0 Å². The molecule has 0 saturated heterocycles. The number of aromatic nitrogens is 1. The van der Waals surface area contributed by atoms with Crippen LogP contribution < -0.4 is 10.6 Å². The van der Waals surface area contributed by atoms with E-state index in [9.17, 15) is 4.79 Å². The molecule has 17 heavy (non-hydrogen) atoms. The molecule has 0 unspecified atom stereocenters. The predicted molar refractivity (Wildman–Crippen MR) is 70.1 cm³/mol. The zero-order valence-electron chi connectivity index (χ0n) is 10.8. The van der Waals surface area contributed by atoms with Gasteiger partial charge in [-0.2, -0.15) is 0 Å². The molecule has 0 fully saturated rings. The summed E-state index contributed by atoms with van der Waals surface area (Å²) in [5.74, 6) is 0.577. The molecule has 2 N–H and O–H groups in total. The van der Waals surface area contributed by atoms with E-state index in [-0.39, 0.29) is 6.03 Å². The first kappa shape index (κ1) is 13.2. The van der Waals surface area contributed by atoms with Gasteiger partial charge in [-0.25, -0.2) is 9.78 Å². The van der Waals surface area contributed by atoms with Crippen molar-refractivity contribution in [1.29, 1.82) is 0 Å². The lowest BCUT2D eigenvalue weighted by atomic mass is 10.1. The highest BCUT2D eigenvalue weighted by Gasteiger charge is 2.16. The second-order valence-corrected chi connectivity index (χ2v) is 4.68. The van der Waals surface area contributed by atoms with Crippen molar-refractivity contribution in [3.8, 4) is 0 Å². The minimum atomic E-state index is -0.442. The molecule has 1 aromatic rings. The van der Waals surface area contributed by atoms with Crippen molar-refractivity contribution in [1.82, 2.24) is 10.3 Å². The van der Waals surface area contributed by atoms with E-state index in [1.165, 1.54) is 0 Å². The van der Waals surface area contributed by atoms with Gasteiger partial charge in [-0.05, 0) is 38.8 Å². The Labute approximate surface area is 102 Å². The van der Waals surface area contributed by atoms with Crippen molar-refractivity contribution < 1.29 is 4.79 Å². The number of rotatable bonds is 3. The van der Waals surface area contributed by atoms with Gasteiger partial charge in [-0.1, -0.05) is 12.1 Å². The fourth-order valence-corrected chi connectivity index (χ4v) is 1.33. The van der Waals surface area contributed by atoms with Gasteiger partial charge < -0.3 is 5.32 Å². The lowest BCUT2D eigenvalue weighted by Gasteiger charge is -2.22. The highest BCUT2D eigenvalue weighted by Crippen LogP contribution is 2.12. The molecule has 0 aromatic carbocycles. The number of carbonyl (C=O) groups excluding carboxylic acids is 1. The second-order valence-electron chi connectivity index (χ2n) is 4.68. The summed E-state index contributed by atoms with van der Waals surface area (Å²) >= 11 is 0. The van der Waals surface area contributed by atoms with Crippen molar-refractivity contribution in [3.05, 3.63) is 36.0 Å². The van der Waals surface area contributed by atoms with E-state index < -0.39 is 5.54 Å². The number of amides is 2. The number of aryl methyl sites for hydroxylation is 2. The van der Waals surface area contributed by atoms with Crippen molar-refractivity contribution in [2.45, 2.75) is 33.2 Å². The summed E-state index contributed by atoms with van der Waals surface area (Å²) in [4.78, 5) is 15.9. The average Bonchev–Trinajstić information content (AvgIpc) is 2.21. The van der Waals surface area contributed by atoms with E-state index in [1.807, 2.05) is 33.8 Å². The average molecular weight is 233 g/mol. The number of anilines is 1. The number of urea groups is 1. The van der Waals surface area contributed by atoms with Crippen LogP contribution in [-0.4, -0.2) is 16.6 Å². The molecule has 0 bridgehead atoms. The fourth-order valence-electron chi connectivity index (χ4n) is 1.33. The monoisotopic (exact) mass is 233 g/mol. The van der Waals surface area contributed by atoms with Crippen LogP contribution in [0.15, 0.2) is 24.9 Å². The smallest absolute Gasteiger partial charge is 0.321 e. The topological polar surface area (TPSA) is 54.0 Å². The summed E-state index contributed by atoms with van der Waals surface area (Å²) in [5.41, 5.74) is 1.57. The number of hydrogen-bond acceptors (Lipinski definition) is 2. The maximum absolute atomic E-state index is 11.7. The maximum atomic E-state index is 11.7. The SMILES string of the molecule is C=CC(C)(C)NC(=O)Nc1ncc(C)cc1C. The van der Waals surface area contributed by atoms with Crippen molar-refractivity contribution in [3.63, 3.8) is 0 Å². The van der Waals surface area contributed by atoms with Crippen LogP contribution in [0.25, 0.3) is 0 Å². The number of nitrogens with one attached hydrogen (secondary N) is 2. The van der Waals surface area contributed by atoms with E-state index >= 15 is 0 Å². The molecule has 92 valence electrons. The third-order valence-electron chi connectivity index (χ3n) is 2.39. The molecule has 4 nitrogen and oxygen atoms in total. The molecular weight excluding hydrogens is 214 g/mol. The van der Waals surface area contributed by atoms with Crippen LogP contribution in [0.2, 0.25) is 0 Å². The van der Waals surface area contributed by atoms with E-state index in [0.29, 0.717) is 5.82 Å². The van der Waals surface area contributed by atoms with Gasteiger partial charge >= 0.3 is 6.03 Å². The van der Waals surface area contributed by atoms with E-state index in [2.05, 4.69) is 22.2 Å². The summed E-state index contributed by atoms with van der Waals surface area (Å²) in [6, 6.07) is 1.69. The summed E-state index contributed by atoms with van der Waals surface area (Å²) in [5, 5.41) is 5.51. The molecule has 1 aromatic heterocycles. The van der Waals surface area contributed by atoms with Crippen molar-refractivity contribution in [2.75, 3.05) is 5.32 Å². The number of pyridine rings is 1. The van der Waals surface area contributed by atoms with Crippen LogP contribution in [0.4, 0.5) is 10.6 Å². The van der Waals surface area contributed by atoms with Gasteiger partial charge in [-0.15, -0.1) is 6.58 Å². The Morgan fingerprint density at radius 2 is 2.12 bits per heavy atom. The first-order valence-corrected chi connectivity index (χ1v) is 5.50. The van der Waals surface area contributed by atoms with Gasteiger partial charge in [0.1, 0.15) is 5.82 Å². The fraction of sp³-hybridized carbons (Fsp3) is 0.385. The quantitative estimate of drug-likeness (QED) is 0.789. The predicted octanol–water partition coefficient (Wildman–Crippen LogP) is 2.78. The minimum Gasteiger partial charge on any atom is -0.330 e. The zero-order chi connectivity index (χ0) is 13.1. The van der Waals surface area contributed by atoms with Crippen LogP contribution in [-0.2, 0) is 0 Å². The summed E-state index contributed by atoms with van der Waals surface area (Å²) in [6.45, 7) is 11.3. The molecule has 0 aliphatic heterocycles. The normalized spacial score (nSPS) is 10.8.